The van der Waals surface area contributed by atoms with Gasteiger partial charge in [0.25, 0.3) is 0 Å². The topological polar surface area (TPSA) is 44.1 Å². The number of anilines is 2. The number of nitrogens with zero attached hydrogens (tertiary/aromatic N) is 2. The number of benzene rings is 5. The molecule has 0 fully saturated rings. The van der Waals surface area contributed by atoms with Crippen molar-refractivity contribution in [3.8, 4) is 17.2 Å². The fourth-order valence-corrected chi connectivity index (χ4v) is 6.57. The number of hydrogen-bond donors (Lipinski definition) is 0. The number of carbonyl (C=O) groups excluding carboxylic acids is 1. The van der Waals surface area contributed by atoms with Crippen molar-refractivity contribution >= 4 is 44.4 Å². The molecular formula is C37H28N2O. The van der Waals surface area contributed by atoms with Gasteiger partial charge in [-0.2, -0.15) is 5.26 Å². The quantitative estimate of drug-likeness (QED) is 0.240. The molecule has 0 aromatic heterocycles. The summed E-state index contributed by atoms with van der Waals surface area (Å²) in [6, 6.07) is 33.1. The number of aryl methyl sites for hydroxylation is 1. The van der Waals surface area contributed by atoms with E-state index in [0.29, 0.717) is 5.56 Å². The van der Waals surface area contributed by atoms with Crippen LogP contribution in [0.4, 0.5) is 11.4 Å². The Balaban J connectivity index is 1.49. The van der Waals surface area contributed by atoms with Crippen molar-refractivity contribution < 1.29 is 4.79 Å². The number of hydrogen-bond acceptors (Lipinski definition) is 2. The molecule has 3 heteroatoms. The van der Waals surface area contributed by atoms with Crippen LogP contribution in [0.3, 0.4) is 0 Å². The summed E-state index contributed by atoms with van der Waals surface area (Å²) >= 11 is 0. The maximum Gasteiger partial charge on any atom is 0.228 e. The SMILES string of the molecule is CC(=O)N(c1ccc(C#N)cc1)c1c(-c2cccc3c4c(ccc23)C2=C(CCC=C2)CC4)ccc2ccccc12. The summed E-state index contributed by atoms with van der Waals surface area (Å²) in [5.74, 6) is -0.0801. The van der Waals surface area contributed by atoms with Crippen molar-refractivity contribution in [3.05, 3.63) is 125 Å². The summed E-state index contributed by atoms with van der Waals surface area (Å²) in [5.41, 5.74) is 10.1. The predicted octanol–water partition coefficient (Wildman–Crippen LogP) is 9.27. The van der Waals surface area contributed by atoms with Crippen molar-refractivity contribution in [3.63, 3.8) is 0 Å². The molecule has 0 N–H and O–H groups in total. The highest BCUT2D eigenvalue weighted by Gasteiger charge is 2.25. The van der Waals surface area contributed by atoms with E-state index in [1.54, 1.807) is 29.5 Å². The van der Waals surface area contributed by atoms with Gasteiger partial charge in [0.05, 0.1) is 17.3 Å². The lowest BCUT2D eigenvalue weighted by Crippen LogP contribution is -2.23. The second-order valence-corrected chi connectivity index (χ2v) is 10.6. The Labute approximate surface area is 234 Å². The molecule has 2 aliphatic carbocycles. The fraction of sp³-hybridized carbons (Fsp3) is 0.135. The predicted molar refractivity (Wildman–Crippen MR) is 164 cm³/mol. The Morgan fingerprint density at radius 3 is 2.38 bits per heavy atom. The number of allylic oxidation sites excluding steroid dienone is 4. The van der Waals surface area contributed by atoms with E-state index >= 15 is 0 Å². The summed E-state index contributed by atoms with van der Waals surface area (Å²) in [4.78, 5) is 15.2. The van der Waals surface area contributed by atoms with Crippen LogP contribution < -0.4 is 4.90 Å². The molecule has 0 saturated heterocycles. The van der Waals surface area contributed by atoms with Crippen LogP contribution in [0.2, 0.25) is 0 Å². The zero-order valence-electron chi connectivity index (χ0n) is 22.4. The van der Waals surface area contributed by atoms with Gasteiger partial charge in [0, 0.05) is 23.6 Å². The van der Waals surface area contributed by atoms with Crippen LogP contribution in [0.5, 0.6) is 0 Å². The molecule has 0 radical (unpaired) electrons. The van der Waals surface area contributed by atoms with Gasteiger partial charge in [0.1, 0.15) is 0 Å². The summed E-state index contributed by atoms with van der Waals surface area (Å²) in [5, 5.41) is 13.9. The van der Waals surface area contributed by atoms with E-state index in [1.165, 1.54) is 33.9 Å². The summed E-state index contributed by atoms with van der Waals surface area (Å²) < 4.78 is 0. The smallest absolute Gasteiger partial charge is 0.228 e. The van der Waals surface area contributed by atoms with Crippen molar-refractivity contribution in [1.29, 1.82) is 5.26 Å². The van der Waals surface area contributed by atoms with Crippen LogP contribution in [-0.2, 0) is 11.2 Å². The highest BCUT2D eigenvalue weighted by molar-refractivity contribution is 6.15. The summed E-state index contributed by atoms with van der Waals surface area (Å²) in [7, 11) is 0. The molecule has 5 aromatic carbocycles. The monoisotopic (exact) mass is 516 g/mol. The average molecular weight is 517 g/mol. The van der Waals surface area contributed by atoms with Gasteiger partial charge in [-0.3, -0.25) is 9.69 Å². The molecule has 7 rings (SSSR count). The molecule has 0 saturated carbocycles. The molecule has 192 valence electrons. The first-order valence-corrected chi connectivity index (χ1v) is 13.9. The lowest BCUT2D eigenvalue weighted by Gasteiger charge is -2.28. The van der Waals surface area contributed by atoms with E-state index < -0.39 is 0 Å². The minimum Gasteiger partial charge on any atom is -0.280 e. The van der Waals surface area contributed by atoms with Gasteiger partial charge in [-0.25, -0.2) is 0 Å². The van der Waals surface area contributed by atoms with E-state index in [4.69, 9.17) is 0 Å². The van der Waals surface area contributed by atoms with E-state index in [9.17, 15) is 10.1 Å². The molecule has 0 unspecified atom stereocenters. The fourth-order valence-electron chi connectivity index (χ4n) is 6.57. The van der Waals surface area contributed by atoms with Crippen LogP contribution in [0.1, 0.15) is 42.9 Å². The van der Waals surface area contributed by atoms with Crippen LogP contribution in [0.15, 0.2) is 109 Å². The van der Waals surface area contributed by atoms with Crippen molar-refractivity contribution in [2.75, 3.05) is 4.90 Å². The van der Waals surface area contributed by atoms with E-state index in [-0.39, 0.29) is 5.91 Å². The minimum atomic E-state index is -0.0801. The standard InChI is InChI=1S/C37H28N2O/c1-24(40)39(28-17-13-25(23-38)14-18-28)37-30-10-5-3-8-27(30)16-20-36(37)32-12-6-11-31-34-19-15-26-7-2-4-9-29(26)33(34)21-22-35(31)32/h3-6,8-14,16-18,20-22H,2,7,15,19H2,1H3. The molecule has 5 aromatic rings. The van der Waals surface area contributed by atoms with Gasteiger partial charge in [-0.05, 0) is 88.4 Å². The second kappa shape index (κ2) is 9.67. The first kappa shape index (κ1) is 24.1. The van der Waals surface area contributed by atoms with Gasteiger partial charge in [-0.15, -0.1) is 0 Å². The third-order valence-corrected chi connectivity index (χ3v) is 8.40. The van der Waals surface area contributed by atoms with Gasteiger partial charge in [0.2, 0.25) is 5.91 Å². The summed E-state index contributed by atoms with van der Waals surface area (Å²) in [6.07, 6.45) is 9.10. The molecular weight excluding hydrogens is 488 g/mol. The first-order valence-electron chi connectivity index (χ1n) is 13.9. The largest absolute Gasteiger partial charge is 0.280 e. The maximum atomic E-state index is 13.4. The maximum absolute atomic E-state index is 13.4. The summed E-state index contributed by atoms with van der Waals surface area (Å²) in [6.45, 7) is 1.60. The van der Waals surface area contributed by atoms with E-state index in [0.717, 1.165) is 52.5 Å². The third-order valence-electron chi connectivity index (χ3n) is 8.40. The molecule has 2 aliphatic rings. The highest BCUT2D eigenvalue weighted by Crippen LogP contribution is 2.46. The molecule has 1 amide bonds. The lowest BCUT2D eigenvalue weighted by molar-refractivity contribution is -0.115. The Kier molecular flexibility index (Phi) is 5.83. The average Bonchev–Trinajstić information content (AvgIpc) is 3.01. The molecule has 0 spiro atoms. The molecule has 0 atom stereocenters. The van der Waals surface area contributed by atoms with Crippen molar-refractivity contribution in [2.45, 2.75) is 32.6 Å². The molecule has 40 heavy (non-hydrogen) atoms. The van der Waals surface area contributed by atoms with Gasteiger partial charge in [0.15, 0.2) is 0 Å². The molecule has 0 heterocycles. The van der Waals surface area contributed by atoms with Crippen molar-refractivity contribution in [1.82, 2.24) is 0 Å². The van der Waals surface area contributed by atoms with Gasteiger partial charge < -0.3 is 0 Å². The van der Waals surface area contributed by atoms with Crippen LogP contribution in [0, 0.1) is 11.3 Å². The normalized spacial score (nSPS) is 14.1. The van der Waals surface area contributed by atoms with Crippen LogP contribution in [-0.4, -0.2) is 5.91 Å². The number of fused-ring (bicyclic) bond motifs is 5. The Hall–Kier alpha value is -4.94. The third kappa shape index (κ3) is 3.84. The molecule has 0 bridgehead atoms. The first-order chi connectivity index (χ1) is 19.6. The number of carbonyl (C=O) groups is 1. The second-order valence-electron chi connectivity index (χ2n) is 10.6. The van der Waals surface area contributed by atoms with Crippen LogP contribution >= 0.6 is 0 Å². The van der Waals surface area contributed by atoms with Gasteiger partial charge in [-0.1, -0.05) is 84.5 Å². The zero-order valence-corrected chi connectivity index (χ0v) is 22.4. The number of amides is 1. The lowest BCUT2D eigenvalue weighted by atomic mass is 9.79. The highest BCUT2D eigenvalue weighted by atomic mass is 16.2. The van der Waals surface area contributed by atoms with Crippen LogP contribution in [0.25, 0.3) is 38.2 Å². The number of nitriles is 1. The van der Waals surface area contributed by atoms with E-state index in [1.807, 2.05) is 24.3 Å². The Morgan fingerprint density at radius 2 is 1.55 bits per heavy atom. The minimum absolute atomic E-state index is 0.0801. The zero-order chi connectivity index (χ0) is 27.2. The van der Waals surface area contributed by atoms with Gasteiger partial charge >= 0.3 is 0 Å². The molecule has 3 nitrogen and oxygen atoms in total. The number of rotatable bonds is 3. The molecule has 0 aliphatic heterocycles. The Morgan fingerprint density at radius 1 is 0.750 bits per heavy atom. The Bertz CT molecular complexity index is 1940. The van der Waals surface area contributed by atoms with E-state index in [2.05, 4.69) is 72.8 Å². The van der Waals surface area contributed by atoms with Crippen molar-refractivity contribution in [2.24, 2.45) is 0 Å².